The van der Waals surface area contributed by atoms with Crippen LogP contribution in [0.2, 0.25) is 0 Å². The monoisotopic (exact) mass is 378 g/mol. The van der Waals surface area contributed by atoms with Crippen LogP contribution in [0, 0.1) is 0 Å². The summed E-state index contributed by atoms with van der Waals surface area (Å²) in [5.41, 5.74) is 0.886. The van der Waals surface area contributed by atoms with E-state index in [-0.39, 0.29) is 18.4 Å². The molecular formula is C18H22N2O3S2. The molecule has 0 saturated carbocycles. The maximum atomic E-state index is 12.5. The minimum atomic E-state index is -0.227. The van der Waals surface area contributed by atoms with E-state index in [1.54, 1.807) is 6.08 Å². The number of carbonyl (C=O) groups excluding carboxylic acids is 2. The highest BCUT2D eigenvalue weighted by Gasteiger charge is 2.33. The summed E-state index contributed by atoms with van der Waals surface area (Å²) in [6.07, 6.45) is 3.71. The van der Waals surface area contributed by atoms with Crippen LogP contribution in [0.25, 0.3) is 6.08 Å². The number of hydrogen-bond donors (Lipinski definition) is 1. The normalized spacial score (nSPS) is 15.8. The van der Waals surface area contributed by atoms with Gasteiger partial charge in [0.25, 0.3) is 5.91 Å². The number of ether oxygens (including phenoxy) is 1. The molecule has 0 unspecified atom stereocenters. The number of nitrogens with zero attached hydrogens (tertiary/aromatic N) is 1. The first-order valence-electron chi connectivity index (χ1n) is 8.30. The molecule has 7 heteroatoms. The molecule has 0 aliphatic carbocycles. The lowest BCUT2D eigenvalue weighted by atomic mass is 10.2. The summed E-state index contributed by atoms with van der Waals surface area (Å²) in [6, 6.07) is 7.48. The molecule has 1 fully saturated rings. The van der Waals surface area contributed by atoms with E-state index in [4.69, 9.17) is 17.0 Å². The Labute approximate surface area is 157 Å². The Morgan fingerprint density at radius 3 is 2.68 bits per heavy atom. The number of rotatable bonds is 8. The second kappa shape index (κ2) is 9.58. The number of amides is 2. The van der Waals surface area contributed by atoms with Crippen LogP contribution in [-0.2, 0) is 9.59 Å². The van der Waals surface area contributed by atoms with Crippen LogP contribution >= 0.6 is 24.0 Å². The highest BCUT2D eigenvalue weighted by Crippen LogP contribution is 2.32. The quantitative estimate of drug-likeness (QED) is 0.428. The van der Waals surface area contributed by atoms with Gasteiger partial charge in [-0.2, -0.15) is 0 Å². The zero-order valence-electron chi connectivity index (χ0n) is 14.4. The molecule has 0 aromatic heterocycles. The first kappa shape index (κ1) is 19.5. The summed E-state index contributed by atoms with van der Waals surface area (Å²) in [6.45, 7) is 5.18. The van der Waals surface area contributed by atoms with E-state index < -0.39 is 0 Å². The summed E-state index contributed by atoms with van der Waals surface area (Å²) in [5, 5.41) is 2.80. The maximum Gasteiger partial charge on any atom is 0.266 e. The van der Waals surface area contributed by atoms with Gasteiger partial charge < -0.3 is 10.1 Å². The van der Waals surface area contributed by atoms with Crippen molar-refractivity contribution in [2.75, 3.05) is 19.7 Å². The van der Waals surface area contributed by atoms with Crippen molar-refractivity contribution in [2.45, 2.75) is 26.7 Å². The topological polar surface area (TPSA) is 58.6 Å². The molecule has 1 aliphatic heterocycles. The Morgan fingerprint density at radius 1 is 1.32 bits per heavy atom. The summed E-state index contributed by atoms with van der Waals surface area (Å²) < 4.78 is 5.81. The van der Waals surface area contributed by atoms with Gasteiger partial charge in [-0.25, -0.2) is 0 Å². The van der Waals surface area contributed by atoms with Crippen molar-refractivity contribution < 1.29 is 14.3 Å². The molecule has 0 spiro atoms. The van der Waals surface area contributed by atoms with E-state index in [1.807, 2.05) is 31.2 Å². The first-order chi connectivity index (χ1) is 12.0. The van der Waals surface area contributed by atoms with E-state index in [2.05, 4.69) is 12.2 Å². The molecule has 2 rings (SSSR count). The predicted molar refractivity (Wildman–Crippen MR) is 105 cm³/mol. The highest BCUT2D eigenvalue weighted by molar-refractivity contribution is 8.26. The number of unbranched alkanes of at least 4 members (excludes halogenated alkanes) is 1. The summed E-state index contributed by atoms with van der Waals surface area (Å²) in [4.78, 5) is 26.3. The summed E-state index contributed by atoms with van der Waals surface area (Å²) >= 11 is 6.47. The van der Waals surface area contributed by atoms with Gasteiger partial charge in [0.15, 0.2) is 0 Å². The second-order valence-corrected chi connectivity index (χ2v) is 7.15. The first-order valence-corrected chi connectivity index (χ1v) is 9.52. The average molecular weight is 379 g/mol. The number of thioether (sulfide) groups is 1. The lowest BCUT2D eigenvalue weighted by molar-refractivity contribution is -0.128. The molecule has 1 N–H and O–H groups in total. The van der Waals surface area contributed by atoms with Gasteiger partial charge >= 0.3 is 0 Å². The predicted octanol–water partition coefficient (Wildman–Crippen LogP) is 3.20. The van der Waals surface area contributed by atoms with E-state index >= 15 is 0 Å². The molecular weight excluding hydrogens is 356 g/mol. The van der Waals surface area contributed by atoms with Crippen molar-refractivity contribution in [3.8, 4) is 5.75 Å². The van der Waals surface area contributed by atoms with Crippen LogP contribution in [-0.4, -0.2) is 40.7 Å². The van der Waals surface area contributed by atoms with Gasteiger partial charge in [-0.3, -0.25) is 14.5 Å². The van der Waals surface area contributed by atoms with E-state index in [0.29, 0.717) is 22.4 Å². The number of hydrogen-bond acceptors (Lipinski definition) is 5. The molecule has 1 saturated heterocycles. The van der Waals surface area contributed by atoms with Crippen molar-refractivity contribution in [1.29, 1.82) is 0 Å². The fourth-order valence-corrected chi connectivity index (χ4v) is 3.47. The molecule has 1 aromatic rings. The van der Waals surface area contributed by atoms with Crippen molar-refractivity contribution >= 4 is 46.2 Å². The summed E-state index contributed by atoms with van der Waals surface area (Å²) in [5.74, 6) is 0.373. The van der Waals surface area contributed by atoms with E-state index in [1.165, 1.54) is 16.7 Å². The molecule has 2 amide bonds. The Bertz CT molecular complexity index is 671. The number of thiocarbonyl (C=S) groups is 1. The third kappa shape index (κ3) is 5.57. The Morgan fingerprint density at radius 2 is 2.04 bits per heavy atom. The largest absolute Gasteiger partial charge is 0.494 e. The van der Waals surface area contributed by atoms with E-state index in [0.717, 1.165) is 24.2 Å². The second-order valence-electron chi connectivity index (χ2n) is 5.47. The smallest absolute Gasteiger partial charge is 0.266 e. The minimum absolute atomic E-state index is 0.0327. The third-order valence-corrected chi connectivity index (χ3v) is 4.89. The zero-order valence-corrected chi connectivity index (χ0v) is 16.0. The van der Waals surface area contributed by atoms with Crippen LogP contribution in [0.4, 0.5) is 0 Å². The third-order valence-electron chi connectivity index (χ3n) is 3.52. The molecule has 0 atom stereocenters. The zero-order chi connectivity index (χ0) is 18.2. The molecule has 0 bridgehead atoms. The standard InChI is InChI=1S/C18H22N2O3S2/c1-3-5-10-19-16(21)12-20-17(22)15(25-18(20)24)11-13-6-8-14(9-7-13)23-4-2/h6-9,11H,3-5,10,12H2,1-2H3,(H,19,21)/b15-11-. The van der Waals surface area contributed by atoms with Gasteiger partial charge in [-0.05, 0) is 37.1 Å². The van der Waals surface area contributed by atoms with Crippen LogP contribution in [0.15, 0.2) is 29.2 Å². The Balaban J connectivity index is 2.00. The van der Waals surface area contributed by atoms with Gasteiger partial charge in [0.1, 0.15) is 16.6 Å². The SMILES string of the molecule is CCCCNC(=O)CN1C(=O)/C(=C/c2ccc(OCC)cc2)SC1=S. The highest BCUT2D eigenvalue weighted by atomic mass is 32.2. The van der Waals surface area contributed by atoms with Crippen LogP contribution in [0.1, 0.15) is 32.3 Å². The fraction of sp³-hybridized carbons (Fsp3) is 0.389. The lowest BCUT2D eigenvalue weighted by Crippen LogP contribution is -2.39. The maximum absolute atomic E-state index is 12.5. The molecule has 5 nitrogen and oxygen atoms in total. The van der Waals surface area contributed by atoms with Gasteiger partial charge in [0, 0.05) is 6.54 Å². The molecule has 134 valence electrons. The minimum Gasteiger partial charge on any atom is -0.494 e. The number of benzene rings is 1. The van der Waals surface area contributed by atoms with Crippen LogP contribution in [0.3, 0.4) is 0 Å². The number of nitrogens with one attached hydrogen (secondary N) is 1. The average Bonchev–Trinajstić information content (AvgIpc) is 2.85. The van der Waals surface area contributed by atoms with Gasteiger partial charge in [0.2, 0.25) is 5.91 Å². The Hall–Kier alpha value is -1.86. The molecule has 25 heavy (non-hydrogen) atoms. The lowest BCUT2D eigenvalue weighted by Gasteiger charge is -2.13. The van der Waals surface area contributed by atoms with Crippen LogP contribution < -0.4 is 10.1 Å². The molecule has 1 aliphatic rings. The van der Waals surface area contributed by atoms with Crippen molar-refractivity contribution in [3.05, 3.63) is 34.7 Å². The van der Waals surface area contributed by atoms with Crippen molar-refractivity contribution in [3.63, 3.8) is 0 Å². The van der Waals surface area contributed by atoms with E-state index in [9.17, 15) is 9.59 Å². The Kier molecular flexibility index (Phi) is 7.46. The molecule has 1 heterocycles. The van der Waals surface area contributed by atoms with Crippen LogP contribution in [0.5, 0.6) is 5.75 Å². The number of carbonyl (C=O) groups is 2. The molecule has 1 aromatic carbocycles. The van der Waals surface area contributed by atoms with Crippen molar-refractivity contribution in [1.82, 2.24) is 10.2 Å². The van der Waals surface area contributed by atoms with Gasteiger partial charge in [0.05, 0.1) is 11.5 Å². The molecule has 0 radical (unpaired) electrons. The van der Waals surface area contributed by atoms with Crippen molar-refractivity contribution in [2.24, 2.45) is 0 Å². The fourth-order valence-electron chi connectivity index (χ4n) is 2.22. The summed E-state index contributed by atoms with van der Waals surface area (Å²) in [7, 11) is 0. The van der Waals surface area contributed by atoms with Gasteiger partial charge in [-0.1, -0.05) is 49.5 Å². The van der Waals surface area contributed by atoms with Gasteiger partial charge in [-0.15, -0.1) is 0 Å².